The third-order valence-corrected chi connectivity index (χ3v) is 2.92. The van der Waals surface area contributed by atoms with E-state index in [0.29, 0.717) is 11.6 Å². The Balaban J connectivity index is 2.15. The van der Waals surface area contributed by atoms with Crippen molar-refractivity contribution < 1.29 is 4.42 Å². The van der Waals surface area contributed by atoms with Crippen molar-refractivity contribution in [1.29, 1.82) is 0 Å². The summed E-state index contributed by atoms with van der Waals surface area (Å²) in [6, 6.07) is 7.43. The Morgan fingerprint density at radius 3 is 2.89 bits per heavy atom. The van der Waals surface area contributed by atoms with Crippen LogP contribution in [0.25, 0.3) is 22.7 Å². The number of nitrogens with zero attached hydrogens (tertiary/aromatic N) is 3. The molecule has 0 bridgehead atoms. The monoisotopic (exact) mass is 242 g/mol. The van der Waals surface area contributed by atoms with Gasteiger partial charge >= 0.3 is 0 Å². The van der Waals surface area contributed by atoms with Crippen LogP contribution in [-0.2, 0) is 13.5 Å². The summed E-state index contributed by atoms with van der Waals surface area (Å²) >= 11 is 0. The maximum absolute atomic E-state index is 5.73. The molecule has 0 unspecified atom stereocenters. The van der Waals surface area contributed by atoms with Crippen molar-refractivity contribution in [3.63, 3.8) is 0 Å². The Labute approximate surface area is 104 Å². The molecule has 0 saturated carbocycles. The van der Waals surface area contributed by atoms with E-state index in [4.69, 9.17) is 10.2 Å². The highest BCUT2D eigenvalue weighted by Crippen LogP contribution is 2.25. The van der Waals surface area contributed by atoms with Gasteiger partial charge in [0.05, 0.1) is 5.69 Å². The molecule has 0 fully saturated rings. The Bertz CT molecular complexity index is 711. The molecule has 2 heterocycles. The first kappa shape index (κ1) is 10.8. The fraction of sp³-hybridized carbons (Fsp3) is 0.231. The van der Waals surface area contributed by atoms with Gasteiger partial charge in [0.1, 0.15) is 11.2 Å². The molecule has 2 N–H and O–H groups in total. The first-order chi connectivity index (χ1) is 8.67. The molecule has 5 nitrogen and oxygen atoms in total. The van der Waals surface area contributed by atoms with E-state index >= 15 is 0 Å². The molecule has 0 aliphatic rings. The van der Waals surface area contributed by atoms with E-state index in [0.717, 1.165) is 28.9 Å². The number of nitrogens with two attached hydrogens (primary N) is 1. The first-order valence-corrected chi connectivity index (χ1v) is 5.86. The molecule has 18 heavy (non-hydrogen) atoms. The molecule has 0 aliphatic heterocycles. The van der Waals surface area contributed by atoms with Crippen molar-refractivity contribution in [2.75, 3.05) is 5.73 Å². The lowest BCUT2D eigenvalue weighted by molar-refractivity contribution is 0.605. The lowest BCUT2D eigenvalue weighted by atomic mass is 10.3. The van der Waals surface area contributed by atoms with Gasteiger partial charge in [-0.2, -0.15) is 5.10 Å². The van der Waals surface area contributed by atoms with Gasteiger partial charge in [0.25, 0.3) is 0 Å². The van der Waals surface area contributed by atoms with Gasteiger partial charge in [0.2, 0.25) is 5.89 Å². The second-order valence-corrected chi connectivity index (χ2v) is 4.24. The highest BCUT2D eigenvalue weighted by atomic mass is 16.3. The number of rotatable bonds is 2. The molecule has 0 amide bonds. The average Bonchev–Trinajstić information content (AvgIpc) is 2.91. The molecule has 5 heteroatoms. The van der Waals surface area contributed by atoms with Crippen molar-refractivity contribution in [2.45, 2.75) is 13.3 Å². The summed E-state index contributed by atoms with van der Waals surface area (Å²) in [7, 11) is 1.89. The third kappa shape index (κ3) is 1.64. The van der Waals surface area contributed by atoms with E-state index in [2.05, 4.69) is 17.0 Å². The smallest absolute Gasteiger partial charge is 0.245 e. The maximum Gasteiger partial charge on any atom is 0.245 e. The highest BCUT2D eigenvalue weighted by Gasteiger charge is 2.13. The minimum atomic E-state index is 0.574. The van der Waals surface area contributed by atoms with Crippen LogP contribution < -0.4 is 5.73 Å². The van der Waals surface area contributed by atoms with E-state index < -0.39 is 0 Å². The summed E-state index contributed by atoms with van der Waals surface area (Å²) in [5.41, 5.74) is 9.81. The summed E-state index contributed by atoms with van der Waals surface area (Å²) in [6.45, 7) is 2.07. The lowest BCUT2D eigenvalue weighted by Gasteiger charge is -1.93. The Hall–Kier alpha value is -2.30. The van der Waals surface area contributed by atoms with Gasteiger partial charge in [-0.1, -0.05) is 6.92 Å². The van der Waals surface area contributed by atoms with Crippen LogP contribution in [0.2, 0.25) is 0 Å². The number of anilines is 1. The molecule has 3 aromatic rings. The van der Waals surface area contributed by atoms with Crippen LogP contribution >= 0.6 is 0 Å². The fourth-order valence-electron chi connectivity index (χ4n) is 1.95. The van der Waals surface area contributed by atoms with Gasteiger partial charge < -0.3 is 10.2 Å². The molecule has 92 valence electrons. The van der Waals surface area contributed by atoms with E-state index in [1.807, 2.05) is 19.2 Å². The van der Waals surface area contributed by atoms with Gasteiger partial charge in [-0.3, -0.25) is 4.68 Å². The van der Waals surface area contributed by atoms with Gasteiger partial charge in [-0.25, -0.2) is 4.98 Å². The van der Waals surface area contributed by atoms with Gasteiger partial charge in [-0.15, -0.1) is 0 Å². The van der Waals surface area contributed by atoms with Crippen LogP contribution in [0.15, 0.2) is 28.7 Å². The fourth-order valence-corrected chi connectivity index (χ4v) is 1.95. The number of aryl methyl sites for hydroxylation is 2. The van der Waals surface area contributed by atoms with Gasteiger partial charge in [0, 0.05) is 12.7 Å². The molecule has 0 atom stereocenters. The molecule has 0 spiro atoms. The Morgan fingerprint density at radius 1 is 1.33 bits per heavy atom. The van der Waals surface area contributed by atoms with Crippen molar-refractivity contribution in [3.05, 3.63) is 30.0 Å². The van der Waals surface area contributed by atoms with Crippen LogP contribution in [0.4, 0.5) is 5.69 Å². The average molecular weight is 242 g/mol. The van der Waals surface area contributed by atoms with Gasteiger partial charge in [-0.05, 0) is 30.7 Å². The Kier molecular flexibility index (Phi) is 2.33. The van der Waals surface area contributed by atoms with Crippen molar-refractivity contribution in [3.8, 4) is 11.6 Å². The van der Waals surface area contributed by atoms with Crippen molar-refractivity contribution in [2.24, 2.45) is 7.05 Å². The van der Waals surface area contributed by atoms with Crippen LogP contribution in [0.1, 0.15) is 12.6 Å². The largest absolute Gasteiger partial charge is 0.435 e. The summed E-state index contributed by atoms with van der Waals surface area (Å²) in [5, 5.41) is 4.39. The standard InChI is InChI=1S/C13H14N4O/c1-3-9-7-11(17(2)16-9)13-15-10-6-8(14)4-5-12(10)18-13/h4-7H,3,14H2,1-2H3. The zero-order valence-corrected chi connectivity index (χ0v) is 10.3. The lowest BCUT2D eigenvalue weighted by Crippen LogP contribution is -1.94. The zero-order valence-electron chi connectivity index (χ0n) is 10.3. The molecule has 0 saturated heterocycles. The van der Waals surface area contributed by atoms with Crippen LogP contribution in [0.3, 0.4) is 0 Å². The minimum Gasteiger partial charge on any atom is -0.435 e. The number of fused-ring (bicyclic) bond motifs is 1. The molecule has 3 rings (SSSR count). The normalized spacial score (nSPS) is 11.2. The second-order valence-electron chi connectivity index (χ2n) is 4.24. The number of hydrogen-bond acceptors (Lipinski definition) is 4. The molecular weight excluding hydrogens is 228 g/mol. The third-order valence-electron chi connectivity index (χ3n) is 2.92. The zero-order chi connectivity index (χ0) is 12.7. The van der Waals surface area contributed by atoms with Crippen LogP contribution in [-0.4, -0.2) is 14.8 Å². The predicted molar refractivity (Wildman–Crippen MR) is 70.0 cm³/mol. The number of aromatic nitrogens is 3. The molecule has 1 aromatic carbocycles. The Morgan fingerprint density at radius 2 is 2.17 bits per heavy atom. The number of hydrogen-bond donors (Lipinski definition) is 1. The summed E-state index contributed by atoms with van der Waals surface area (Å²) in [5.74, 6) is 0.574. The summed E-state index contributed by atoms with van der Waals surface area (Å²) < 4.78 is 7.50. The van der Waals surface area contributed by atoms with E-state index in [1.165, 1.54) is 0 Å². The van der Waals surface area contributed by atoms with E-state index in [1.54, 1.807) is 16.8 Å². The van der Waals surface area contributed by atoms with E-state index in [9.17, 15) is 0 Å². The van der Waals surface area contributed by atoms with Crippen LogP contribution in [0.5, 0.6) is 0 Å². The van der Waals surface area contributed by atoms with Crippen LogP contribution in [0, 0.1) is 0 Å². The predicted octanol–water partition coefficient (Wildman–Crippen LogP) is 2.37. The SMILES string of the molecule is CCc1cc(-c2nc3cc(N)ccc3o2)n(C)n1. The van der Waals surface area contributed by atoms with Gasteiger partial charge in [0.15, 0.2) is 5.58 Å². The quantitative estimate of drug-likeness (QED) is 0.700. The molecule has 0 radical (unpaired) electrons. The summed E-state index contributed by atoms with van der Waals surface area (Å²) in [4.78, 5) is 4.44. The number of benzene rings is 1. The number of nitrogen functional groups attached to an aromatic ring is 1. The number of oxazole rings is 1. The molecule has 2 aromatic heterocycles. The van der Waals surface area contributed by atoms with E-state index in [-0.39, 0.29) is 0 Å². The summed E-state index contributed by atoms with van der Waals surface area (Å²) in [6.07, 6.45) is 0.890. The molecule has 0 aliphatic carbocycles. The minimum absolute atomic E-state index is 0.574. The molecular formula is C13H14N4O. The first-order valence-electron chi connectivity index (χ1n) is 5.86. The van der Waals surface area contributed by atoms with Crippen molar-refractivity contribution >= 4 is 16.8 Å². The second kappa shape index (κ2) is 3.87. The van der Waals surface area contributed by atoms with Crippen molar-refractivity contribution in [1.82, 2.24) is 14.8 Å². The highest BCUT2D eigenvalue weighted by molar-refractivity contribution is 5.79. The maximum atomic E-state index is 5.73. The topological polar surface area (TPSA) is 69.9 Å².